The van der Waals surface area contributed by atoms with E-state index in [1.54, 1.807) is 24.9 Å². The molecule has 1 aromatic heterocycles. The summed E-state index contributed by atoms with van der Waals surface area (Å²) in [4.78, 5) is 34.4. The third-order valence-electron chi connectivity index (χ3n) is 4.70. The van der Waals surface area contributed by atoms with Gasteiger partial charge in [-0.25, -0.2) is 14.4 Å². The first-order valence-electron chi connectivity index (χ1n) is 10.1. The Bertz CT molecular complexity index is 950. The fourth-order valence-corrected chi connectivity index (χ4v) is 2.93. The molecule has 0 aliphatic rings. The molecule has 168 valence electrons. The number of likely N-dealkylation sites (N-methyl/N-ethyl adjacent to an activating group) is 1. The molecule has 0 aliphatic heterocycles. The van der Waals surface area contributed by atoms with Gasteiger partial charge in [0.15, 0.2) is 17.3 Å². The molecule has 2 aromatic rings. The average Bonchev–Trinajstić information content (AvgIpc) is 2.72. The van der Waals surface area contributed by atoms with Crippen molar-refractivity contribution in [2.24, 2.45) is 5.73 Å². The van der Waals surface area contributed by atoms with Gasteiger partial charge < -0.3 is 26.6 Å². The molecule has 0 spiro atoms. The van der Waals surface area contributed by atoms with E-state index in [2.05, 4.69) is 25.9 Å². The zero-order valence-corrected chi connectivity index (χ0v) is 18.5. The van der Waals surface area contributed by atoms with Crippen molar-refractivity contribution in [3.8, 4) is 0 Å². The van der Waals surface area contributed by atoms with E-state index in [0.717, 1.165) is 0 Å². The fraction of sp³-hybridized carbons (Fsp3) is 0.429. The van der Waals surface area contributed by atoms with Crippen LogP contribution in [0.1, 0.15) is 35.6 Å². The van der Waals surface area contributed by atoms with Crippen molar-refractivity contribution in [1.29, 1.82) is 0 Å². The largest absolute Gasteiger partial charge is 0.364 e. The standard InChI is InChI=1S/C21H30FN7O2/c1-6-16-20(29(4)5)28-19(17(27-16)18(23)30)26-15-10-13(9-14(22)11-15)7-8-25-21(31)12(2)24-3/h9-12,24H,6-8H2,1-5H3,(H2,23,30)(H,25,31)(H,26,28)/t12-/m0/s1. The number of rotatable bonds is 10. The van der Waals surface area contributed by atoms with Gasteiger partial charge in [0.25, 0.3) is 5.91 Å². The van der Waals surface area contributed by atoms with Crippen LogP contribution in [0.2, 0.25) is 0 Å². The zero-order valence-electron chi connectivity index (χ0n) is 18.5. The molecular weight excluding hydrogens is 401 g/mol. The minimum Gasteiger partial charge on any atom is -0.364 e. The van der Waals surface area contributed by atoms with Crippen molar-refractivity contribution in [3.05, 3.63) is 41.0 Å². The molecule has 10 heteroatoms. The number of primary amides is 1. The number of carbonyl (C=O) groups is 2. The number of aromatic nitrogens is 2. The highest BCUT2D eigenvalue weighted by Gasteiger charge is 2.18. The number of carbonyl (C=O) groups excluding carboxylic acids is 2. The first-order valence-corrected chi connectivity index (χ1v) is 10.1. The number of aryl methyl sites for hydroxylation is 1. The third kappa shape index (κ3) is 6.35. The Morgan fingerprint density at radius 3 is 2.52 bits per heavy atom. The second-order valence-corrected chi connectivity index (χ2v) is 7.33. The van der Waals surface area contributed by atoms with Crippen LogP contribution in [0.25, 0.3) is 0 Å². The van der Waals surface area contributed by atoms with E-state index in [-0.39, 0.29) is 23.5 Å². The summed E-state index contributed by atoms with van der Waals surface area (Å²) in [6, 6.07) is 4.10. The van der Waals surface area contributed by atoms with E-state index >= 15 is 0 Å². The van der Waals surface area contributed by atoms with Crippen LogP contribution in [0.15, 0.2) is 18.2 Å². The number of nitrogens with zero attached hydrogens (tertiary/aromatic N) is 3. The van der Waals surface area contributed by atoms with E-state index in [0.29, 0.717) is 42.1 Å². The van der Waals surface area contributed by atoms with Gasteiger partial charge in [0.05, 0.1) is 11.7 Å². The van der Waals surface area contributed by atoms with Gasteiger partial charge in [-0.2, -0.15) is 0 Å². The summed E-state index contributed by atoms with van der Waals surface area (Å²) in [7, 11) is 5.34. The van der Waals surface area contributed by atoms with Crippen molar-refractivity contribution in [1.82, 2.24) is 20.6 Å². The second kappa shape index (κ2) is 10.7. The van der Waals surface area contributed by atoms with Crippen molar-refractivity contribution in [2.75, 3.05) is 37.9 Å². The zero-order chi connectivity index (χ0) is 23.1. The van der Waals surface area contributed by atoms with E-state index in [4.69, 9.17) is 5.73 Å². The number of halogens is 1. The van der Waals surface area contributed by atoms with Gasteiger partial charge in [0.1, 0.15) is 5.82 Å². The Hall–Kier alpha value is -3.27. The number of anilines is 3. The topological polar surface area (TPSA) is 125 Å². The third-order valence-corrected chi connectivity index (χ3v) is 4.70. The van der Waals surface area contributed by atoms with E-state index < -0.39 is 11.7 Å². The summed E-state index contributed by atoms with van der Waals surface area (Å²) in [5.41, 5.74) is 7.19. The SMILES string of the molecule is CCc1nc(C(N)=O)c(Nc2cc(F)cc(CCNC(=O)[C@H](C)NC)c2)nc1N(C)C. The fourth-order valence-electron chi connectivity index (χ4n) is 2.93. The molecule has 1 heterocycles. The first kappa shape index (κ1) is 24.0. The predicted octanol–water partition coefficient (Wildman–Crippen LogP) is 1.35. The van der Waals surface area contributed by atoms with Crippen LogP contribution < -0.4 is 26.6 Å². The summed E-state index contributed by atoms with van der Waals surface area (Å²) in [6.07, 6.45) is 1.00. The number of nitrogens with two attached hydrogens (primary N) is 1. The van der Waals surface area contributed by atoms with Gasteiger partial charge in [0, 0.05) is 26.3 Å². The summed E-state index contributed by atoms with van der Waals surface area (Å²) < 4.78 is 14.2. The van der Waals surface area contributed by atoms with Gasteiger partial charge in [-0.1, -0.05) is 6.92 Å². The quantitative estimate of drug-likeness (QED) is 0.447. The molecule has 0 radical (unpaired) electrons. The number of benzene rings is 1. The summed E-state index contributed by atoms with van der Waals surface area (Å²) in [6.45, 7) is 4.02. The van der Waals surface area contributed by atoms with Crippen LogP contribution in [-0.2, 0) is 17.6 Å². The molecule has 1 atom stereocenters. The van der Waals surface area contributed by atoms with E-state index in [1.165, 1.54) is 12.1 Å². The van der Waals surface area contributed by atoms with Crippen molar-refractivity contribution in [2.45, 2.75) is 32.7 Å². The summed E-state index contributed by atoms with van der Waals surface area (Å²) in [5.74, 6) is -0.575. The number of hydrogen-bond donors (Lipinski definition) is 4. The lowest BCUT2D eigenvalue weighted by Gasteiger charge is -2.18. The molecule has 0 aliphatic carbocycles. The summed E-state index contributed by atoms with van der Waals surface area (Å²) >= 11 is 0. The highest BCUT2D eigenvalue weighted by Crippen LogP contribution is 2.25. The van der Waals surface area contributed by atoms with Gasteiger partial charge in [0.2, 0.25) is 5.91 Å². The molecule has 0 saturated carbocycles. The lowest BCUT2D eigenvalue weighted by atomic mass is 10.1. The maximum Gasteiger partial charge on any atom is 0.271 e. The molecule has 2 amide bonds. The van der Waals surface area contributed by atoms with E-state index in [9.17, 15) is 14.0 Å². The molecule has 5 N–H and O–H groups in total. The van der Waals surface area contributed by atoms with Crippen LogP contribution in [0, 0.1) is 5.82 Å². The molecule has 1 aromatic carbocycles. The highest BCUT2D eigenvalue weighted by molar-refractivity contribution is 5.96. The molecule has 0 unspecified atom stereocenters. The van der Waals surface area contributed by atoms with Crippen LogP contribution in [0.4, 0.5) is 21.7 Å². The second-order valence-electron chi connectivity index (χ2n) is 7.33. The number of hydrogen-bond acceptors (Lipinski definition) is 7. The maximum absolute atomic E-state index is 14.2. The summed E-state index contributed by atoms with van der Waals surface area (Å²) in [5, 5.41) is 8.62. The molecule has 0 bridgehead atoms. The molecule has 31 heavy (non-hydrogen) atoms. The average molecular weight is 432 g/mol. The predicted molar refractivity (Wildman–Crippen MR) is 119 cm³/mol. The highest BCUT2D eigenvalue weighted by atomic mass is 19.1. The first-order chi connectivity index (χ1) is 14.7. The Morgan fingerprint density at radius 1 is 1.23 bits per heavy atom. The monoisotopic (exact) mass is 431 g/mol. The number of amides is 2. The van der Waals surface area contributed by atoms with Gasteiger partial charge in [-0.3, -0.25) is 9.59 Å². The van der Waals surface area contributed by atoms with E-state index in [1.807, 2.05) is 21.0 Å². The van der Waals surface area contributed by atoms with Crippen LogP contribution in [0.3, 0.4) is 0 Å². The Kier molecular flexibility index (Phi) is 8.26. The lowest BCUT2D eigenvalue weighted by Crippen LogP contribution is -2.41. The Balaban J connectivity index is 2.27. The molecule has 0 saturated heterocycles. The molecule has 0 fully saturated rings. The number of nitrogens with one attached hydrogen (secondary N) is 3. The van der Waals surface area contributed by atoms with Gasteiger partial charge >= 0.3 is 0 Å². The van der Waals surface area contributed by atoms with Crippen LogP contribution in [0.5, 0.6) is 0 Å². The smallest absolute Gasteiger partial charge is 0.271 e. The lowest BCUT2D eigenvalue weighted by molar-refractivity contribution is -0.122. The van der Waals surface area contributed by atoms with Crippen molar-refractivity contribution >= 4 is 29.1 Å². The normalized spacial score (nSPS) is 11.7. The Morgan fingerprint density at radius 2 is 1.94 bits per heavy atom. The maximum atomic E-state index is 14.2. The van der Waals surface area contributed by atoms with Crippen LogP contribution in [-0.4, -0.2) is 55.5 Å². The Labute approximate surface area is 181 Å². The minimum atomic E-state index is -0.729. The minimum absolute atomic E-state index is 0.0124. The van der Waals surface area contributed by atoms with Gasteiger partial charge in [-0.15, -0.1) is 0 Å². The molecule has 9 nitrogen and oxygen atoms in total. The molecular formula is C21H30FN7O2. The molecule has 2 rings (SSSR count). The van der Waals surface area contributed by atoms with Crippen molar-refractivity contribution < 1.29 is 14.0 Å². The van der Waals surface area contributed by atoms with Gasteiger partial charge in [-0.05, 0) is 50.6 Å². The van der Waals surface area contributed by atoms with Crippen molar-refractivity contribution in [3.63, 3.8) is 0 Å². The van der Waals surface area contributed by atoms with Crippen LogP contribution >= 0.6 is 0 Å².